The van der Waals surface area contributed by atoms with Crippen LogP contribution in [0.3, 0.4) is 0 Å². The summed E-state index contributed by atoms with van der Waals surface area (Å²) in [6, 6.07) is 3.70. The maximum atomic E-state index is 11.9. The first-order valence-corrected chi connectivity index (χ1v) is 8.06. The second-order valence-corrected chi connectivity index (χ2v) is 5.79. The van der Waals surface area contributed by atoms with E-state index in [1.807, 2.05) is 6.07 Å². The molecule has 1 aliphatic heterocycles. The van der Waals surface area contributed by atoms with Gasteiger partial charge < -0.3 is 30.9 Å². The highest BCUT2D eigenvalue weighted by atomic mass is 16.5. The van der Waals surface area contributed by atoms with Crippen LogP contribution in [-0.4, -0.2) is 64.2 Å². The summed E-state index contributed by atoms with van der Waals surface area (Å²) in [5.74, 6) is 0.604. The van der Waals surface area contributed by atoms with Gasteiger partial charge in [0.25, 0.3) is 0 Å². The Kier molecular flexibility index (Phi) is 6.24. The standard InChI is InChI=1S/C17H26N6O2/c1-5-16(24)20-12-10-13(21-17(18)19-2)15(25-4)11-14(12)23-8-6-22(3)7-9-23/h5,10-11H,1,6-9H2,2-4H3,(H,20,24)(H3,18,19,21). The van der Waals surface area contributed by atoms with E-state index in [9.17, 15) is 4.79 Å². The summed E-state index contributed by atoms with van der Waals surface area (Å²) in [5, 5.41) is 5.84. The number of nitrogens with zero attached hydrogens (tertiary/aromatic N) is 3. The van der Waals surface area contributed by atoms with Crippen molar-refractivity contribution in [3.05, 3.63) is 24.8 Å². The second-order valence-electron chi connectivity index (χ2n) is 5.79. The van der Waals surface area contributed by atoms with Crippen LogP contribution in [0.1, 0.15) is 0 Å². The van der Waals surface area contributed by atoms with Crippen LogP contribution in [0.4, 0.5) is 17.1 Å². The van der Waals surface area contributed by atoms with Crippen molar-refractivity contribution < 1.29 is 9.53 Å². The number of hydrogen-bond donors (Lipinski definition) is 3. The van der Waals surface area contributed by atoms with Crippen molar-refractivity contribution >= 4 is 28.9 Å². The van der Waals surface area contributed by atoms with Crippen molar-refractivity contribution in [1.29, 1.82) is 0 Å². The molecular weight excluding hydrogens is 320 g/mol. The molecule has 25 heavy (non-hydrogen) atoms. The van der Waals surface area contributed by atoms with Crippen LogP contribution in [0.25, 0.3) is 0 Å². The largest absolute Gasteiger partial charge is 0.494 e. The molecule has 1 fully saturated rings. The minimum absolute atomic E-state index is 0.256. The SMILES string of the molecule is C=CC(=O)Nc1cc(NC(N)=NC)c(OC)cc1N1CCN(C)CC1. The molecule has 0 aliphatic carbocycles. The summed E-state index contributed by atoms with van der Waals surface area (Å²) in [7, 11) is 5.28. The summed E-state index contributed by atoms with van der Waals surface area (Å²) in [4.78, 5) is 20.2. The first kappa shape index (κ1) is 18.6. The van der Waals surface area contributed by atoms with Gasteiger partial charge in [0.1, 0.15) is 5.75 Å². The number of hydrogen-bond acceptors (Lipinski definition) is 5. The van der Waals surface area contributed by atoms with Crippen molar-refractivity contribution in [3.63, 3.8) is 0 Å². The molecule has 4 N–H and O–H groups in total. The van der Waals surface area contributed by atoms with Crippen molar-refractivity contribution in [1.82, 2.24) is 4.90 Å². The van der Waals surface area contributed by atoms with Gasteiger partial charge in [0.2, 0.25) is 5.91 Å². The number of rotatable bonds is 5. The Bertz CT molecular complexity index is 665. The molecule has 0 bridgehead atoms. The van der Waals surface area contributed by atoms with Crippen molar-refractivity contribution in [2.24, 2.45) is 10.7 Å². The van der Waals surface area contributed by atoms with Gasteiger partial charge in [-0.3, -0.25) is 9.79 Å². The Morgan fingerprint density at radius 1 is 1.28 bits per heavy atom. The first-order chi connectivity index (χ1) is 12.0. The fourth-order valence-electron chi connectivity index (χ4n) is 2.62. The number of anilines is 3. The third-order valence-corrected chi connectivity index (χ3v) is 4.11. The lowest BCUT2D eigenvalue weighted by atomic mass is 10.1. The average Bonchev–Trinajstić information content (AvgIpc) is 2.62. The van der Waals surface area contributed by atoms with Gasteiger partial charge in [0, 0.05) is 39.3 Å². The summed E-state index contributed by atoms with van der Waals surface area (Å²) in [6.45, 7) is 7.14. The number of amides is 1. The molecule has 1 saturated heterocycles. The van der Waals surface area contributed by atoms with E-state index in [4.69, 9.17) is 10.5 Å². The predicted molar refractivity (Wildman–Crippen MR) is 103 cm³/mol. The van der Waals surface area contributed by atoms with Crippen LogP contribution in [0.2, 0.25) is 0 Å². The monoisotopic (exact) mass is 346 g/mol. The summed E-state index contributed by atoms with van der Waals surface area (Å²) >= 11 is 0. The van der Waals surface area contributed by atoms with Crippen molar-refractivity contribution in [3.8, 4) is 5.75 Å². The number of methoxy groups -OCH3 is 1. The molecule has 0 atom stereocenters. The van der Waals surface area contributed by atoms with Crippen LogP contribution in [0, 0.1) is 0 Å². The number of piperazine rings is 1. The van der Waals surface area contributed by atoms with Crippen LogP contribution in [0.15, 0.2) is 29.8 Å². The summed E-state index contributed by atoms with van der Waals surface area (Å²) < 4.78 is 5.49. The molecule has 0 spiro atoms. The first-order valence-electron chi connectivity index (χ1n) is 8.06. The number of carbonyl (C=O) groups excluding carboxylic acids is 1. The average molecular weight is 346 g/mol. The lowest BCUT2D eigenvalue weighted by Crippen LogP contribution is -2.44. The van der Waals surface area contributed by atoms with Gasteiger partial charge in [-0.15, -0.1) is 0 Å². The molecule has 0 radical (unpaired) electrons. The molecule has 0 unspecified atom stereocenters. The number of guanidine groups is 1. The Hall–Kier alpha value is -2.74. The molecule has 1 aliphatic rings. The van der Waals surface area contributed by atoms with Crippen LogP contribution >= 0.6 is 0 Å². The van der Waals surface area contributed by atoms with E-state index in [0.717, 1.165) is 31.9 Å². The molecule has 1 heterocycles. The lowest BCUT2D eigenvalue weighted by Gasteiger charge is -2.35. The fraction of sp³-hybridized carbons (Fsp3) is 0.412. The quantitative estimate of drug-likeness (QED) is 0.417. The van der Waals surface area contributed by atoms with Crippen molar-refractivity contribution in [2.75, 3.05) is 62.9 Å². The highest BCUT2D eigenvalue weighted by molar-refractivity contribution is 6.03. The number of aliphatic imine (C=N–C) groups is 1. The van der Waals surface area contributed by atoms with E-state index in [-0.39, 0.29) is 11.9 Å². The number of ether oxygens (including phenoxy) is 1. The summed E-state index contributed by atoms with van der Waals surface area (Å²) in [6.07, 6.45) is 1.24. The minimum Gasteiger partial charge on any atom is -0.494 e. The molecular formula is C17H26N6O2. The third-order valence-electron chi connectivity index (χ3n) is 4.11. The van der Waals surface area contributed by atoms with Gasteiger partial charge in [-0.2, -0.15) is 0 Å². The van der Waals surface area contributed by atoms with Gasteiger partial charge >= 0.3 is 0 Å². The number of likely N-dealkylation sites (N-methyl/N-ethyl adjacent to an activating group) is 1. The second kappa shape index (κ2) is 8.39. The number of benzene rings is 1. The molecule has 2 rings (SSSR count). The van der Waals surface area contributed by atoms with Gasteiger partial charge in [-0.25, -0.2) is 0 Å². The van der Waals surface area contributed by atoms with Crippen molar-refractivity contribution in [2.45, 2.75) is 0 Å². The highest BCUT2D eigenvalue weighted by Gasteiger charge is 2.20. The maximum absolute atomic E-state index is 11.9. The topological polar surface area (TPSA) is 95.2 Å². The molecule has 136 valence electrons. The van der Waals surface area contributed by atoms with E-state index in [1.165, 1.54) is 6.08 Å². The van der Waals surface area contributed by atoms with Gasteiger partial charge in [-0.1, -0.05) is 6.58 Å². The van der Waals surface area contributed by atoms with E-state index in [1.54, 1.807) is 20.2 Å². The molecule has 8 heteroatoms. The van der Waals surface area contributed by atoms with Crippen LogP contribution in [-0.2, 0) is 4.79 Å². The zero-order valence-corrected chi connectivity index (χ0v) is 15.0. The van der Waals surface area contributed by atoms with E-state index >= 15 is 0 Å². The Balaban J connectivity index is 2.44. The maximum Gasteiger partial charge on any atom is 0.247 e. The van der Waals surface area contributed by atoms with Crippen LogP contribution in [0.5, 0.6) is 5.75 Å². The highest BCUT2D eigenvalue weighted by Crippen LogP contribution is 2.37. The number of carbonyl (C=O) groups is 1. The van der Waals surface area contributed by atoms with Gasteiger partial charge in [0.15, 0.2) is 5.96 Å². The summed E-state index contributed by atoms with van der Waals surface area (Å²) in [5.41, 5.74) is 7.96. The van der Waals surface area contributed by atoms with Crippen LogP contribution < -0.4 is 26.0 Å². The molecule has 8 nitrogen and oxygen atoms in total. The van der Waals surface area contributed by atoms with E-state index in [2.05, 4.69) is 39.1 Å². The molecule has 0 saturated carbocycles. The normalized spacial score (nSPS) is 15.6. The fourth-order valence-corrected chi connectivity index (χ4v) is 2.62. The smallest absolute Gasteiger partial charge is 0.247 e. The molecule has 1 aromatic rings. The van der Waals surface area contributed by atoms with E-state index in [0.29, 0.717) is 17.1 Å². The Labute approximate surface area is 148 Å². The molecule has 1 aromatic carbocycles. The Morgan fingerprint density at radius 2 is 1.96 bits per heavy atom. The zero-order valence-electron chi connectivity index (χ0n) is 15.0. The van der Waals surface area contributed by atoms with Gasteiger partial charge in [-0.05, 0) is 19.2 Å². The number of nitrogens with one attached hydrogen (secondary N) is 2. The predicted octanol–water partition coefficient (Wildman–Crippen LogP) is 0.928. The van der Waals surface area contributed by atoms with Gasteiger partial charge in [0.05, 0.1) is 24.2 Å². The molecule has 0 aromatic heterocycles. The third kappa shape index (κ3) is 4.63. The Morgan fingerprint density at radius 3 is 2.52 bits per heavy atom. The molecule has 1 amide bonds. The minimum atomic E-state index is -0.274. The lowest BCUT2D eigenvalue weighted by molar-refractivity contribution is -0.111. The van der Waals surface area contributed by atoms with E-state index < -0.39 is 0 Å². The zero-order chi connectivity index (χ0) is 18.4. The number of nitrogens with two attached hydrogens (primary N) is 1.